The Balaban J connectivity index is 1.46. The van der Waals surface area contributed by atoms with E-state index in [0.29, 0.717) is 11.4 Å². The molecule has 5 rings (SSSR count). The summed E-state index contributed by atoms with van der Waals surface area (Å²) in [4.78, 5) is 30.0. The third kappa shape index (κ3) is 3.13. The lowest BCUT2D eigenvalue weighted by atomic mass is 10.0. The van der Waals surface area contributed by atoms with Crippen LogP contribution < -0.4 is 10.6 Å². The van der Waals surface area contributed by atoms with Crippen molar-refractivity contribution in [2.45, 2.75) is 32.1 Å². The van der Waals surface area contributed by atoms with Crippen molar-refractivity contribution in [3.05, 3.63) is 65.4 Å². The van der Waals surface area contributed by atoms with Crippen molar-refractivity contribution < 1.29 is 9.59 Å². The van der Waals surface area contributed by atoms with Crippen LogP contribution in [0.1, 0.15) is 40.9 Å². The molecule has 3 aromatic rings. The van der Waals surface area contributed by atoms with E-state index in [2.05, 4.69) is 10.6 Å². The molecule has 0 saturated heterocycles. The summed E-state index contributed by atoms with van der Waals surface area (Å²) in [5.74, 6) is 0.0767. The summed E-state index contributed by atoms with van der Waals surface area (Å²) < 4.78 is 0. The molecule has 5 heteroatoms. The van der Waals surface area contributed by atoms with Gasteiger partial charge in [-0.2, -0.15) is 0 Å². The van der Waals surface area contributed by atoms with Crippen LogP contribution in [0.4, 0.5) is 11.4 Å². The number of fused-ring (bicyclic) bond motifs is 2. The number of nitrogens with zero attached hydrogens (tertiary/aromatic N) is 1. The number of amides is 2. The molecule has 2 aliphatic rings. The third-order valence-electron chi connectivity index (χ3n) is 5.48. The van der Waals surface area contributed by atoms with Crippen LogP contribution in [-0.4, -0.2) is 16.8 Å². The minimum absolute atomic E-state index is 0.0569. The number of para-hydroxylation sites is 1. The van der Waals surface area contributed by atoms with Crippen LogP contribution in [0.2, 0.25) is 0 Å². The predicted octanol–water partition coefficient (Wildman–Crippen LogP) is 4.32. The third-order valence-corrected chi connectivity index (χ3v) is 5.48. The number of rotatable bonds is 4. The van der Waals surface area contributed by atoms with E-state index in [9.17, 15) is 9.59 Å². The first-order chi connectivity index (χ1) is 13.7. The number of carbonyl (C=O) groups excluding carboxylic acids is 2. The van der Waals surface area contributed by atoms with Gasteiger partial charge in [0.05, 0.1) is 11.1 Å². The molecular weight excluding hydrogens is 350 g/mol. The van der Waals surface area contributed by atoms with E-state index in [-0.39, 0.29) is 17.7 Å². The summed E-state index contributed by atoms with van der Waals surface area (Å²) in [6.45, 7) is 0. The standard InChI is InChI=1S/C23H21N3O2/c27-22(14-11-12-14)24-15-5-3-6-16(13-15)25-23(28)21-17-7-1-2-9-19(17)26-20-10-4-8-18(20)21/h1-3,5-7,9,13-14H,4,8,10-12H2,(H,24,27)(H,25,28). The van der Waals surface area contributed by atoms with Crippen molar-refractivity contribution in [3.63, 3.8) is 0 Å². The summed E-state index contributed by atoms with van der Waals surface area (Å²) >= 11 is 0. The van der Waals surface area contributed by atoms with Crippen LogP contribution in [0.3, 0.4) is 0 Å². The molecule has 2 amide bonds. The van der Waals surface area contributed by atoms with Crippen molar-refractivity contribution in [3.8, 4) is 0 Å². The second-order valence-electron chi connectivity index (χ2n) is 7.58. The largest absolute Gasteiger partial charge is 0.326 e. The molecule has 0 bridgehead atoms. The Kier molecular flexibility index (Phi) is 4.08. The summed E-state index contributed by atoms with van der Waals surface area (Å²) in [6, 6.07) is 15.1. The molecule has 0 radical (unpaired) electrons. The number of hydrogen-bond acceptors (Lipinski definition) is 3. The topological polar surface area (TPSA) is 71.1 Å². The Morgan fingerprint density at radius 2 is 1.71 bits per heavy atom. The molecule has 2 aliphatic carbocycles. The monoisotopic (exact) mass is 371 g/mol. The van der Waals surface area contributed by atoms with Gasteiger partial charge in [-0.3, -0.25) is 14.6 Å². The smallest absolute Gasteiger partial charge is 0.256 e. The molecule has 0 spiro atoms. The van der Waals surface area contributed by atoms with Crippen LogP contribution in [0, 0.1) is 5.92 Å². The second kappa shape index (κ2) is 6.75. The molecule has 0 atom stereocenters. The van der Waals surface area contributed by atoms with Crippen LogP contribution in [0.25, 0.3) is 10.9 Å². The quantitative estimate of drug-likeness (QED) is 0.717. The number of aromatic nitrogens is 1. The average molecular weight is 371 g/mol. The van der Waals surface area contributed by atoms with Crippen molar-refractivity contribution in [1.29, 1.82) is 0 Å². The first kappa shape index (κ1) is 16.9. The first-order valence-electron chi connectivity index (χ1n) is 9.82. The molecule has 0 aliphatic heterocycles. The number of carbonyl (C=O) groups is 2. The van der Waals surface area contributed by atoms with E-state index in [1.54, 1.807) is 0 Å². The number of benzene rings is 2. The molecule has 1 aromatic heterocycles. The molecular formula is C23H21N3O2. The van der Waals surface area contributed by atoms with Gasteiger partial charge in [0.15, 0.2) is 0 Å². The first-order valence-corrected chi connectivity index (χ1v) is 9.82. The van der Waals surface area contributed by atoms with Gasteiger partial charge in [0.25, 0.3) is 5.91 Å². The number of aryl methyl sites for hydroxylation is 1. The Morgan fingerprint density at radius 3 is 2.54 bits per heavy atom. The minimum Gasteiger partial charge on any atom is -0.326 e. The van der Waals surface area contributed by atoms with E-state index >= 15 is 0 Å². The van der Waals surface area contributed by atoms with Gasteiger partial charge < -0.3 is 10.6 Å². The van der Waals surface area contributed by atoms with Crippen LogP contribution in [0.5, 0.6) is 0 Å². The van der Waals surface area contributed by atoms with Crippen molar-refractivity contribution >= 4 is 34.1 Å². The molecule has 5 nitrogen and oxygen atoms in total. The molecule has 1 saturated carbocycles. The van der Waals surface area contributed by atoms with Gasteiger partial charge in [-0.1, -0.05) is 24.3 Å². The van der Waals surface area contributed by atoms with Crippen molar-refractivity contribution in [2.24, 2.45) is 5.92 Å². The van der Waals surface area contributed by atoms with E-state index in [1.165, 1.54) is 0 Å². The SMILES string of the molecule is O=C(Nc1cccc(NC(=O)C2CC2)c1)c1c2c(nc3ccccc13)CCC2. The number of anilines is 2. The molecule has 1 fully saturated rings. The van der Waals surface area contributed by atoms with Crippen LogP contribution >= 0.6 is 0 Å². The van der Waals surface area contributed by atoms with Crippen LogP contribution in [0.15, 0.2) is 48.5 Å². The maximum absolute atomic E-state index is 13.2. The van der Waals surface area contributed by atoms with Gasteiger partial charge >= 0.3 is 0 Å². The highest BCUT2D eigenvalue weighted by Crippen LogP contribution is 2.32. The van der Waals surface area contributed by atoms with Gasteiger partial charge in [-0.25, -0.2) is 0 Å². The lowest BCUT2D eigenvalue weighted by Crippen LogP contribution is -2.16. The summed E-state index contributed by atoms with van der Waals surface area (Å²) in [7, 11) is 0. The van der Waals surface area contributed by atoms with Gasteiger partial charge in [0, 0.05) is 28.4 Å². The number of pyridine rings is 1. The lowest BCUT2D eigenvalue weighted by molar-refractivity contribution is -0.117. The fraction of sp³-hybridized carbons (Fsp3) is 0.261. The van der Waals surface area contributed by atoms with Gasteiger partial charge in [-0.15, -0.1) is 0 Å². The Morgan fingerprint density at radius 1 is 0.929 bits per heavy atom. The normalized spacial score (nSPS) is 15.3. The zero-order valence-electron chi connectivity index (χ0n) is 15.5. The predicted molar refractivity (Wildman–Crippen MR) is 110 cm³/mol. The maximum Gasteiger partial charge on any atom is 0.256 e. The molecule has 2 aromatic carbocycles. The number of nitrogens with one attached hydrogen (secondary N) is 2. The molecule has 2 N–H and O–H groups in total. The number of hydrogen-bond donors (Lipinski definition) is 2. The highest BCUT2D eigenvalue weighted by molar-refractivity contribution is 6.14. The highest BCUT2D eigenvalue weighted by Gasteiger charge is 2.29. The second-order valence-corrected chi connectivity index (χ2v) is 7.58. The Labute approximate surface area is 163 Å². The van der Waals surface area contributed by atoms with Gasteiger partial charge in [-0.05, 0) is 61.9 Å². The lowest BCUT2D eigenvalue weighted by Gasteiger charge is -2.13. The molecule has 28 heavy (non-hydrogen) atoms. The van der Waals surface area contributed by atoms with E-state index < -0.39 is 0 Å². The van der Waals surface area contributed by atoms with E-state index in [4.69, 9.17) is 4.98 Å². The molecule has 140 valence electrons. The Hall–Kier alpha value is -3.21. The van der Waals surface area contributed by atoms with Crippen molar-refractivity contribution in [2.75, 3.05) is 10.6 Å². The zero-order chi connectivity index (χ0) is 19.1. The van der Waals surface area contributed by atoms with E-state index in [1.807, 2.05) is 48.5 Å². The highest BCUT2D eigenvalue weighted by atomic mass is 16.2. The maximum atomic E-state index is 13.2. The van der Waals surface area contributed by atoms with Crippen molar-refractivity contribution in [1.82, 2.24) is 4.98 Å². The Bertz CT molecular complexity index is 1100. The fourth-order valence-electron chi connectivity index (χ4n) is 3.93. The zero-order valence-corrected chi connectivity index (χ0v) is 15.5. The summed E-state index contributed by atoms with van der Waals surface area (Å²) in [5, 5.41) is 6.84. The summed E-state index contributed by atoms with van der Waals surface area (Å²) in [6.07, 6.45) is 4.75. The average Bonchev–Trinajstić information content (AvgIpc) is 3.45. The molecule has 0 unspecified atom stereocenters. The van der Waals surface area contributed by atoms with Gasteiger partial charge in [0.2, 0.25) is 5.91 Å². The minimum atomic E-state index is -0.123. The van der Waals surface area contributed by atoms with E-state index in [0.717, 1.165) is 59.8 Å². The van der Waals surface area contributed by atoms with Gasteiger partial charge in [0.1, 0.15) is 0 Å². The van der Waals surface area contributed by atoms with Crippen LogP contribution in [-0.2, 0) is 17.6 Å². The summed E-state index contributed by atoms with van der Waals surface area (Å²) in [5.41, 5.74) is 5.07. The molecule has 1 heterocycles. The fourth-order valence-corrected chi connectivity index (χ4v) is 3.93.